The van der Waals surface area contributed by atoms with Gasteiger partial charge in [0.05, 0.1) is 15.5 Å². The fourth-order valence-corrected chi connectivity index (χ4v) is 3.51. The van der Waals surface area contributed by atoms with Crippen LogP contribution in [0.4, 0.5) is 20.2 Å². The Morgan fingerprint density at radius 3 is 2.43 bits per heavy atom. The summed E-state index contributed by atoms with van der Waals surface area (Å²) >= 11 is 0. The fourth-order valence-electron chi connectivity index (χ4n) is 2.30. The smallest absolute Gasteiger partial charge is 0.271 e. The van der Waals surface area contributed by atoms with Crippen molar-refractivity contribution in [2.45, 2.75) is 17.7 Å². The maximum Gasteiger partial charge on any atom is 0.271 e. The Hall–Kier alpha value is -2.92. The Labute approximate surface area is 160 Å². The first-order chi connectivity index (χ1) is 13.1. The summed E-state index contributed by atoms with van der Waals surface area (Å²) in [7, 11) is -2.52. The van der Waals surface area contributed by atoms with Crippen LogP contribution in [0.25, 0.3) is 0 Å². The molecule has 150 valence electrons. The molecule has 0 spiro atoms. The second kappa shape index (κ2) is 8.85. The third kappa shape index (κ3) is 5.30. The average molecular weight is 413 g/mol. The minimum absolute atomic E-state index is 0.00938. The van der Waals surface area contributed by atoms with E-state index in [1.165, 1.54) is 7.05 Å². The second-order valence-electron chi connectivity index (χ2n) is 5.85. The van der Waals surface area contributed by atoms with Gasteiger partial charge in [-0.15, -0.1) is 0 Å². The number of nitrogens with zero attached hydrogens (tertiary/aromatic N) is 2. The van der Waals surface area contributed by atoms with E-state index in [2.05, 4.69) is 5.32 Å². The van der Waals surface area contributed by atoms with Gasteiger partial charge in [0, 0.05) is 32.1 Å². The molecule has 0 bridgehead atoms. The Balaban J connectivity index is 1.92. The van der Waals surface area contributed by atoms with Crippen molar-refractivity contribution in [1.29, 1.82) is 0 Å². The van der Waals surface area contributed by atoms with Crippen LogP contribution in [-0.2, 0) is 14.8 Å². The molecule has 0 heterocycles. The van der Waals surface area contributed by atoms with E-state index in [1.807, 2.05) is 0 Å². The molecule has 1 amide bonds. The van der Waals surface area contributed by atoms with Gasteiger partial charge in [-0.3, -0.25) is 14.9 Å². The molecule has 0 fully saturated rings. The molecule has 0 aromatic heterocycles. The van der Waals surface area contributed by atoms with Crippen molar-refractivity contribution >= 4 is 27.3 Å². The molecular weight excluding hydrogens is 396 g/mol. The van der Waals surface area contributed by atoms with Crippen molar-refractivity contribution in [3.63, 3.8) is 0 Å². The number of nitro groups is 1. The molecule has 0 atom stereocenters. The summed E-state index contributed by atoms with van der Waals surface area (Å²) < 4.78 is 52.3. The molecule has 0 aliphatic heterocycles. The van der Waals surface area contributed by atoms with Crippen molar-refractivity contribution in [1.82, 2.24) is 4.31 Å². The van der Waals surface area contributed by atoms with Crippen molar-refractivity contribution in [3.05, 3.63) is 64.2 Å². The zero-order valence-corrected chi connectivity index (χ0v) is 15.6. The van der Waals surface area contributed by atoms with E-state index in [0.717, 1.165) is 46.8 Å². The predicted octanol–water partition coefficient (Wildman–Crippen LogP) is 2.91. The van der Waals surface area contributed by atoms with Gasteiger partial charge in [0.15, 0.2) is 0 Å². The molecule has 11 heteroatoms. The number of nitrogens with one attached hydrogen (secondary N) is 1. The van der Waals surface area contributed by atoms with Gasteiger partial charge >= 0.3 is 0 Å². The van der Waals surface area contributed by atoms with E-state index in [4.69, 9.17) is 0 Å². The van der Waals surface area contributed by atoms with Crippen LogP contribution in [0.2, 0.25) is 0 Å². The maximum atomic E-state index is 13.7. The minimum Gasteiger partial charge on any atom is -0.323 e. The number of rotatable bonds is 8. The van der Waals surface area contributed by atoms with Gasteiger partial charge in [0.25, 0.3) is 5.69 Å². The first-order valence-corrected chi connectivity index (χ1v) is 9.51. The predicted molar refractivity (Wildman–Crippen MR) is 97.1 cm³/mol. The fraction of sp³-hybridized carbons (Fsp3) is 0.235. The van der Waals surface area contributed by atoms with Crippen LogP contribution < -0.4 is 5.32 Å². The first-order valence-electron chi connectivity index (χ1n) is 8.07. The van der Waals surface area contributed by atoms with Crippen LogP contribution in [0, 0.1) is 21.7 Å². The van der Waals surface area contributed by atoms with Gasteiger partial charge in [-0.1, -0.05) is 0 Å². The average Bonchev–Trinajstić information content (AvgIpc) is 2.63. The Bertz CT molecular complexity index is 981. The molecule has 28 heavy (non-hydrogen) atoms. The van der Waals surface area contributed by atoms with Crippen LogP contribution in [0.3, 0.4) is 0 Å². The lowest BCUT2D eigenvalue weighted by Gasteiger charge is -2.17. The Kier molecular flexibility index (Phi) is 6.75. The number of halogens is 2. The summed E-state index contributed by atoms with van der Waals surface area (Å²) in [6, 6.07) is 7.08. The summed E-state index contributed by atoms with van der Waals surface area (Å²) in [5.74, 6) is -2.01. The highest BCUT2D eigenvalue weighted by atomic mass is 32.2. The lowest BCUT2D eigenvalue weighted by molar-refractivity contribution is -0.384. The van der Waals surface area contributed by atoms with Crippen molar-refractivity contribution in [3.8, 4) is 0 Å². The third-order valence-corrected chi connectivity index (χ3v) is 5.70. The number of anilines is 1. The summed E-state index contributed by atoms with van der Waals surface area (Å²) in [6.07, 6.45) is -0.00921. The van der Waals surface area contributed by atoms with Gasteiger partial charge in [-0.25, -0.2) is 21.5 Å². The molecule has 0 aliphatic carbocycles. The number of hydrogen-bond donors (Lipinski definition) is 1. The van der Waals surface area contributed by atoms with E-state index in [0.29, 0.717) is 0 Å². The van der Waals surface area contributed by atoms with Gasteiger partial charge < -0.3 is 5.32 Å². The minimum atomic E-state index is -3.83. The SMILES string of the molecule is CN(CCCC(=O)Nc1cc([N+](=O)[O-])ccc1F)S(=O)(=O)c1ccc(F)cc1. The van der Waals surface area contributed by atoms with E-state index in [1.54, 1.807) is 0 Å². The number of sulfonamides is 1. The monoisotopic (exact) mass is 413 g/mol. The quantitative estimate of drug-likeness (QED) is 0.529. The molecule has 1 N–H and O–H groups in total. The molecular formula is C17H17F2N3O5S. The van der Waals surface area contributed by atoms with Crippen molar-refractivity contribution in [2.24, 2.45) is 0 Å². The molecule has 2 aromatic rings. The standard InChI is InChI=1S/C17H17F2N3O5S/c1-21(28(26,27)14-7-4-12(18)5-8-14)10-2-3-17(23)20-16-11-13(22(24)25)6-9-15(16)19/h4-9,11H,2-3,10H2,1H3,(H,20,23). The first kappa shape index (κ1) is 21.4. The number of carbonyl (C=O) groups is 1. The number of non-ortho nitro benzene ring substituents is 1. The summed E-state index contributed by atoms with van der Waals surface area (Å²) in [5.41, 5.74) is -0.701. The topological polar surface area (TPSA) is 110 Å². The third-order valence-electron chi connectivity index (χ3n) is 3.83. The molecule has 0 aliphatic rings. The molecule has 0 saturated carbocycles. The maximum absolute atomic E-state index is 13.7. The molecule has 2 rings (SSSR count). The highest BCUT2D eigenvalue weighted by Gasteiger charge is 2.21. The second-order valence-corrected chi connectivity index (χ2v) is 7.90. The summed E-state index contributed by atoms with van der Waals surface area (Å²) in [4.78, 5) is 21.8. The normalized spacial score (nSPS) is 11.4. The van der Waals surface area contributed by atoms with Gasteiger partial charge in [-0.05, 0) is 36.8 Å². The number of amides is 1. The van der Waals surface area contributed by atoms with Crippen LogP contribution in [0.15, 0.2) is 47.4 Å². The van der Waals surface area contributed by atoms with Crippen LogP contribution in [0.5, 0.6) is 0 Å². The highest BCUT2D eigenvalue weighted by Crippen LogP contribution is 2.21. The van der Waals surface area contributed by atoms with Crippen molar-refractivity contribution in [2.75, 3.05) is 18.9 Å². The van der Waals surface area contributed by atoms with E-state index in [-0.39, 0.29) is 35.7 Å². The number of benzene rings is 2. The van der Waals surface area contributed by atoms with Crippen LogP contribution >= 0.6 is 0 Å². The molecule has 0 radical (unpaired) electrons. The van der Waals surface area contributed by atoms with E-state index < -0.39 is 32.5 Å². The van der Waals surface area contributed by atoms with E-state index >= 15 is 0 Å². The molecule has 0 unspecified atom stereocenters. The van der Waals surface area contributed by atoms with Crippen LogP contribution in [0.1, 0.15) is 12.8 Å². The lowest BCUT2D eigenvalue weighted by Crippen LogP contribution is -2.28. The van der Waals surface area contributed by atoms with E-state index in [9.17, 15) is 32.1 Å². The number of carbonyl (C=O) groups excluding carboxylic acids is 1. The van der Waals surface area contributed by atoms with Gasteiger partial charge in [0.2, 0.25) is 15.9 Å². The number of hydrogen-bond acceptors (Lipinski definition) is 5. The Morgan fingerprint density at radius 2 is 1.82 bits per heavy atom. The Morgan fingerprint density at radius 1 is 1.18 bits per heavy atom. The highest BCUT2D eigenvalue weighted by molar-refractivity contribution is 7.89. The van der Waals surface area contributed by atoms with Gasteiger partial charge in [0.1, 0.15) is 11.6 Å². The van der Waals surface area contributed by atoms with Crippen LogP contribution in [-0.4, -0.2) is 37.1 Å². The zero-order chi connectivity index (χ0) is 20.9. The summed E-state index contributed by atoms with van der Waals surface area (Å²) in [5, 5.41) is 12.9. The van der Waals surface area contributed by atoms with Gasteiger partial charge in [-0.2, -0.15) is 0 Å². The summed E-state index contributed by atoms with van der Waals surface area (Å²) in [6.45, 7) is -0.00938. The lowest BCUT2D eigenvalue weighted by atomic mass is 10.2. The molecule has 0 saturated heterocycles. The number of nitro benzene ring substituents is 1. The molecule has 2 aromatic carbocycles. The zero-order valence-electron chi connectivity index (χ0n) is 14.8. The largest absolute Gasteiger partial charge is 0.323 e. The van der Waals surface area contributed by atoms with Crippen molar-refractivity contribution < 1.29 is 26.9 Å². The molecule has 8 nitrogen and oxygen atoms in total.